The van der Waals surface area contributed by atoms with Gasteiger partial charge in [0.2, 0.25) is 11.7 Å². The quantitative estimate of drug-likeness (QED) is 0.277. The smallest absolute Gasteiger partial charge is 0.398 e. The van der Waals surface area contributed by atoms with Crippen LogP contribution in [0.25, 0.3) is 0 Å². The fourth-order valence-corrected chi connectivity index (χ4v) is 1.93. The molecule has 0 unspecified atom stereocenters. The van der Waals surface area contributed by atoms with Crippen molar-refractivity contribution < 1.29 is 35.6 Å². The standard InChI is InChI=1S/C6HClF4N2O5S/c7-19(16,17)5-4(13(14)15)2(1-3(8)12-5)18-6(9,10)11/h1H. The number of hydrogen-bond donors (Lipinski definition) is 0. The zero-order chi connectivity index (χ0) is 15.0. The number of rotatable bonds is 3. The van der Waals surface area contributed by atoms with Gasteiger partial charge in [0, 0.05) is 16.7 Å². The van der Waals surface area contributed by atoms with Crippen molar-refractivity contribution in [2.75, 3.05) is 0 Å². The Morgan fingerprint density at radius 3 is 2.32 bits per heavy atom. The minimum Gasteiger partial charge on any atom is -0.398 e. The highest BCUT2D eigenvalue weighted by Crippen LogP contribution is 2.37. The number of aromatic nitrogens is 1. The molecule has 0 saturated carbocycles. The zero-order valence-electron chi connectivity index (χ0n) is 8.31. The second-order valence-corrected chi connectivity index (χ2v) is 5.32. The summed E-state index contributed by atoms with van der Waals surface area (Å²) in [5.74, 6) is -3.42. The normalized spacial score (nSPS) is 12.3. The summed E-state index contributed by atoms with van der Waals surface area (Å²) in [6, 6.07) is -0.0861. The predicted octanol–water partition coefficient (Wildman–Crippen LogP) is 1.96. The molecule has 0 radical (unpaired) electrons. The van der Waals surface area contributed by atoms with Crippen LogP contribution >= 0.6 is 10.7 Å². The van der Waals surface area contributed by atoms with Crippen molar-refractivity contribution in [3.8, 4) is 5.75 Å². The highest BCUT2D eigenvalue weighted by Gasteiger charge is 2.39. The largest absolute Gasteiger partial charge is 0.573 e. The average molecular weight is 325 g/mol. The summed E-state index contributed by atoms with van der Waals surface area (Å²) in [6.45, 7) is 0. The Morgan fingerprint density at radius 2 is 1.95 bits per heavy atom. The van der Waals surface area contributed by atoms with Crippen molar-refractivity contribution in [1.82, 2.24) is 4.98 Å². The van der Waals surface area contributed by atoms with E-state index in [1.165, 1.54) is 0 Å². The maximum Gasteiger partial charge on any atom is 0.573 e. The van der Waals surface area contributed by atoms with Gasteiger partial charge in [-0.05, 0) is 0 Å². The lowest BCUT2D eigenvalue weighted by Crippen LogP contribution is -2.19. The Kier molecular flexibility index (Phi) is 3.86. The Balaban J connectivity index is 3.64. The second-order valence-electron chi connectivity index (χ2n) is 2.84. The molecule has 13 heteroatoms. The first kappa shape index (κ1) is 15.4. The van der Waals surface area contributed by atoms with Crippen molar-refractivity contribution >= 4 is 25.4 Å². The molecule has 0 N–H and O–H groups in total. The number of ether oxygens (including phenoxy) is 1. The van der Waals surface area contributed by atoms with Crippen LogP contribution < -0.4 is 4.74 Å². The molecule has 0 aromatic carbocycles. The van der Waals surface area contributed by atoms with Crippen molar-refractivity contribution in [2.45, 2.75) is 11.4 Å². The molecule has 0 spiro atoms. The van der Waals surface area contributed by atoms with E-state index in [9.17, 15) is 36.1 Å². The monoisotopic (exact) mass is 324 g/mol. The van der Waals surface area contributed by atoms with Gasteiger partial charge in [0.1, 0.15) is 0 Å². The van der Waals surface area contributed by atoms with E-state index < -0.39 is 42.7 Å². The summed E-state index contributed by atoms with van der Waals surface area (Å²) in [4.78, 5) is 11.6. The minimum absolute atomic E-state index is 0.0861. The van der Waals surface area contributed by atoms with Gasteiger partial charge >= 0.3 is 12.0 Å². The van der Waals surface area contributed by atoms with Gasteiger partial charge in [0.25, 0.3) is 14.1 Å². The molecular weight excluding hydrogens is 324 g/mol. The molecule has 1 heterocycles. The van der Waals surface area contributed by atoms with Crippen molar-refractivity contribution in [3.05, 3.63) is 22.1 Å². The Labute approximate surface area is 106 Å². The Bertz CT molecular complexity index is 631. The van der Waals surface area contributed by atoms with E-state index in [1.807, 2.05) is 0 Å². The van der Waals surface area contributed by atoms with Gasteiger partial charge in [-0.2, -0.15) is 9.37 Å². The van der Waals surface area contributed by atoms with Crippen LogP contribution in [0.15, 0.2) is 11.1 Å². The number of halogens is 5. The van der Waals surface area contributed by atoms with E-state index in [2.05, 4.69) is 9.72 Å². The molecule has 0 bridgehead atoms. The van der Waals surface area contributed by atoms with E-state index in [-0.39, 0.29) is 6.07 Å². The summed E-state index contributed by atoms with van der Waals surface area (Å²) in [5.41, 5.74) is -1.71. The molecule has 0 atom stereocenters. The van der Waals surface area contributed by atoms with Crippen LogP contribution in [0, 0.1) is 16.1 Å². The van der Waals surface area contributed by atoms with Crippen molar-refractivity contribution in [2.24, 2.45) is 0 Å². The van der Waals surface area contributed by atoms with Gasteiger partial charge in [-0.1, -0.05) is 0 Å². The Hall–Kier alpha value is -1.69. The molecular formula is C6HClF4N2O5S. The first-order valence-electron chi connectivity index (χ1n) is 3.97. The number of nitrogens with zero attached hydrogens (tertiary/aromatic N) is 2. The van der Waals surface area contributed by atoms with Crippen LogP contribution in [0.3, 0.4) is 0 Å². The molecule has 0 amide bonds. The topological polar surface area (TPSA) is 99.4 Å². The number of pyridine rings is 1. The van der Waals surface area contributed by atoms with Crippen LogP contribution in [-0.4, -0.2) is 24.7 Å². The summed E-state index contributed by atoms with van der Waals surface area (Å²) < 4.78 is 73.8. The second kappa shape index (κ2) is 4.77. The lowest BCUT2D eigenvalue weighted by Gasteiger charge is -2.09. The van der Waals surface area contributed by atoms with Crippen LogP contribution in [0.4, 0.5) is 23.2 Å². The summed E-state index contributed by atoms with van der Waals surface area (Å²) >= 11 is 0. The highest BCUT2D eigenvalue weighted by atomic mass is 35.7. The van der Waals surface area contributed by atoms with E-state index in [1.54, 1.807) is 0 Å². The third-order valence-corrected chi connectivity index (χ3v) is 2.72. The maximum atomic E-state index is 12.9. The molecule has 7 nitrogen and oxygen atoms in total. The fourth-order valence-electron chi connectivity index (χ4n) is 1.00. The van der Waals surface area contributed by atoms with E-state index in [0.717, 1.165) is 0 Å². The molecule has 0 aliphatic heterocycles. The fraction of sp³-hybridized carbons (Fsp3) is 0.167. The number of hydrogen-bond acceptors (Lipinski definition) is 6. The number of nitro groups is 1. The summed E-state index contributed by atoms with van der Waals surface area (Å²) in [6.07, 6.45) is -5.40. The van der Waals surface area contributed by atoms with Crippen molar-refractivity contribution in [1.29, 1.82) is 0 Å². The third-order valence-electron chi connectivity index (χ3n) is 1.53. The molecule has 0 aliphatic rings. The van der Waals surface area contributed by atoms with Gasteiger partial charge in [0.15, 0.2) is 0 Å². The molecule has 19 heavy (non-hydrogen) atoms. The molecule has 0 aliphatic carbocycles. The van der Waals surface area contributed by atoms with Crippen LogP contribution in [0.1, 0.15) is 0 Å². The molecule has 1 aromatic rings. The lowest BCUT2D eigenvalue weighted by molar-refractivity contribution is -0.392. The number of alkyl halides is 3. The van der Waals surface area contributed by atoms with Gasteiger partial charge in [-0.3, -0.25) is 10.1 Å². The van der Waals surface area contributed by atoms with E-state index in [0.29, 0.717) is 0 Å². The van der Waals surface area contributed by atoms with E-state index in [4.69, 9.17) is 10.7 Å². The summed E-state index contributed by atoms with van der Waals surface area (Å²) in [5, 5.41) is 8.88. The minimum atomic E-state index is -5.40. The molecule has 0 saturated heterocycles. The van der Waals surface area contributed by atoms with Gasteiger partial charge < -0.3 is 4.74 Å². The van der Waals surface area contributed by atoms with E-state index >= 15 is 0 Å². The van der Waals surface area contributed by atoms with Crippen LogP contribution in [-0.2, 0) is 9.05 Å². The average Bonchev–Trinajstić information content (AvgIpc) is 2.11. The SMILES string of the molecule is O=[N+]([O-])c1c(OC(F)(F)F)cc(F)nc1S(=O)(=O)Cl. The van der Waals surface area contributed by atoms with Crippen LogP contribution in [0.2, 0.25) is 0 Å². The van der Waals surface area contributed by atoms with Gasteiger partial charge in [-0.15, -0.1) is 13.2 Å². The zero-order valence-corrected chi connectivity index (χ0v) is 9.88. The Morgan fingerprint density at radius 1 is 1.42 bits per heavy atom. The lowest BCUT2D eigenvalue weighted by atomic mass is 10.4. The van der Waals surface area contributed by atoms with Crippen molar-refractivity contribution in [3.63, 3.8) is 0 Å². The molecule has 106 valence electrons. The van der Waals surface area contributed by atoms with Gasteiger partial charge in [0.05, 0.1) is 4.92 Å². The molecule has 1 aromatic heterocycles. The van der Waals surface area contributed by atoms with Gasteiger partial charge in [-0.25, -0.2) is 8.42 Å². The first-order chi connectivity index (χ1) is 8.42. The predicted molar refractivity (Wildman–Crippen MR) is 50.6 cm³/mol. The first-order valence-corrected chi connectivity index (χ1v) is 6.28. The summed E-state index contributed by atoms with van der Waals surface area (Å²) in [7, 11) is -0.222. The molecule has 0 fully saturated rings. The third kappa shape index (κ3) is 3.89. The highest BCUT2D eigenvalue weighted by molar-refractivity contribution is 8.13. The maximum absolute atomic E-state index is 12.9. The molecule has 1 rings (SSSR count). The van der Waals surface area contributed by atoms with Crippen LogP contribution in [0.5, 0.6) is 5.75 Å².